The zero-order valence-corrected chi connectivity index (χ0v) is 10.7. The van der Waals surface area contributed by atoms with Gasteiger partial charge < -0.3 is 10.6 Å². The van der Waals surface area contributed by atoms with Gasteiger partial charge in [0.15, 0.2) is 0 Å². The predicted molar refractivity (Wildman–Crippen MR) is 71.6 cm³/mol. The molecule has 0 atom stereocenters. The fraction of sp³-hybridized carbons (Fsp3) is 0.500. The van der Waals surface area contributed by atoms with E-state index >= 15 is 0 Å². The third-order valence-corrected chi connectivity index (χ3v) is 4.06. The van der Waals surface area contributed by atoms with Gasteiger partial charge in [-0.2, -0.15) is 0 Å². The number of hydrogen-bond donors (Lipinski definition) is 1. The summed E-state index contributed by atoms with van der Waals surface area (Å²) >= 11 is 1.68. The molecule has 2 aromatic rings. The lowest BCUT2D eigenvalue weighted by Crippen LogP contribution is -2.40. The quantitative estimate of drug-likeness (QED) is 0.838. The molecule has 0 aliphatic carbocycles. The Labute approximate surface area is 104 Å². The molecule has 1 aliphatic rings. The van der Waals surface area contributed by atoms with Crippen molar-refractivity contribution in [1.29, 1.82) is 0 Å². The van der Waals surface area contributed by atoms with Crippen LogP contribution in [0.25, 0.3) is 10.2 Å². The summed E-state index contributed by atoms with van der Waals surface area (Å²) in [5, 5.41) is 3.26. The molecule has 2 N–H and O–H groups in total. The van der Waals surface area contributed by atoms with Crippen LogP contribution in [-0.4, -0.2) is 29.1 Å². The monoisotopic (exact) mass is 248 g/mol. The lowest BCUT2D eigenvalue weighted by molar-refractivity contribution is 0.499. The first-order valence-corrected chi connectivity index (χ1v) is 6.84. The molecule has 3 heterocycles. The van der Waals surface area contributed by atoms with E-state index in [1.54, 1.807) is 11.3 Å². The number of fused-ring (bicyclic) bond motifs is 1. The van der Waals surface area contributed by atoms with Crippen LogP contribution in [0, 0.1) is 6.92 Å². The van der Waals surface area contributed by atoms with Crippen molar-refractivity contribution in [2.75, 3.05) is 18.0 Å². The van der Waals surface area contributed by atoms with E-state index in [2.05, 4.69) is 26.3 Å². The molecule has 0 unspecified atom stereocenters. The maximum Gasteiger partial charge on any atom is 0.141 e. The van der Waals surface area contributed by atoms with Gasteiger partial charge in [0.05, 0.1) is 5.39 Å². The van der Waals surface area contributed by atoms with Gasteiger partial charge >= 0.3 is 0 Å². The van der Waals surface area contributed by atoms with E-state index in [-0.39, 0.29) is 0 Å². The predicted octanol–water partition coefficient (Wildman–Crippen LogP) is 1.93. The van der Waals surface area contributed by atoms with E-state index in [1.807, 2.05) is 6.92 Å². The van der Waals surface area contributed by atoms with Gasteiger partial charge in [-0.3, -0.25) is 0 Å². The minimum atomic E-state index is 0.354. The highest BCUT2D eigenvalue weighted by Gasteiger charge is 2.20. The van der Waals surface area contributed by atoms with Gasteiger partial charge in [0.2, 0.25) is 0 Å². The van der Waals surface area contributed by atoms with Crippen LogP contribution in [0.3, 0.4) is 0 Å². The molecule has 2 aromatic heterocycles. The Bertz CT molecular complexity index is 528. The van der Waals surface area contributed by atoms with Crippen LogP contribution in [0.1, 0.15) is 18.7 Å². The molecule has 17 heavy (non-hydrogen) atoms. The molecule has 0 radical (unpaired) electrons. The Morgan fingerprint density at radius 3 is 2.88 bits per heavy atom. The molecule has 5 heteroatoms. The van der Waals surface area contributed by atoms with E-state index < -0.39 is 0 Å². The van der Waals surface area contributed by atoms with Crippen molar-refractivity contribution in [3.8, 4) is 0 Å². The number of aryl methyl sites for hydroxylation is 1. The smallest absolute Gasteiger partial charge is 0.141 e. The largest absolute Gasteiger partial charge is 0.356 e. The summed E-state index contributed by atoms with van der Waals surface area (Å²) < 4.78 is 0. The first kappa shape index (κ1) is 10.9. The molecular formula is C12H16N4S. The molecule has 0 amide bonds. The van der Waals surface area contributed by atoms with Crippen molar-refractivity contribution in [2.45, 2.75) is 25.8 Å². The van der Waals surface area contributed by atoms with E-state index in [4.69, 9.17) is 5.73 Å². The molecule has 4 nitrogen and oxygen atoms in total. The van der Waals surface area contributed by atoms with Gasteiger partial charge in [-0.15, -0.1) is 11.3 Å². The van der Waals surface area contributed by atoms with Crippen molar-refractivity contribution in [2.24, 2.45) is 5.73 Å². The topological polar surface area (TPSA) is 55.0 Å². The molecule has 3 rings (SSSR count). The fourth-order valence-corrected chi connectivity index (χ4v) is 3.10. The number of anilines is 1. The van der Waals surface area contributed by atoms with Crippen LogP contribution in [0.2, 0.25) is 0 Å². The molecule has 90 valence electrons. The van der Waals surface area contributed by atoms with Crippen molar-refractivity contribution in [3.63, 3.8) is 0 Å². The summed E-state index contributed by atoms with van der Waals surface area (Å²) in [7, 11) is 0. The Morgan fingerprint density at radius 1 is 1.35 bits per heavy atom. The van der Waals surface area contributed by atoms with E-state index in [0.717, 1.165) is 42.4 Å². The maximum atomic E-state index is 5.94. The fourth-order valence-electron chi connectivity index (χ4n) is 2.30. The van der Waals surface area contributed by atoms with Crippen molar-refractivity contribution < 1.29 is 0 Å². The molecule has 1 aliphatic heterocycles. The summed E-state index contributed by atoms with van der Waals surface area (Å²) in [6.07, 6.45) is 2.10. The number of nitrogens with two attached hydrogens (primary N) is 1. The zero-order valence-electron chi connectivity index (χ0n) is 9.89. The first-order valence-electron chi connectivity index (χ1n) is 5.96. The molecule has 0 spiro atoms. The first-order chi connectivity index (χ1) is 8.24. The van der Waals surface area contributed by atoms with Gasteiger partial charge in [0.1, 0.15) is 16.5 Å². The minimum Gasteiger partial charge on any atom is -0.356 e. The highest BCUT2D eigenvalue weighted by atomic mass is 32.1. The second-order valence-corrected chi connectivity index (χ2v) is 5.45. The van der Waals surface area contributed by atoms with E-state index in [1.165, 1.54) is 5.39 Å². The highest BCUT2D eigenvalue weighted by molar-refractivity contribution is 7.16. The standard InChI is InChI=1S/C12H16N4S/c1-8-14-11(10-4-7-17-12(10)15-8)16-5-2-9(13)3-6-16/h4,7,9H,2-3,5-6,13H2,1H3. The Morgan fingerprint density at radius 2 is 2.12 bits per heavy atom. The second kappa shape index (κ2) is 4.23. The molecule has 0 saturated carbocycles. The number of hydrogen-bond acceptors (Lipinski definition) is 5. The van der Waals surface area contributed by atoms with Crippen molar-refractivity contribution in [3.05, 3.63) is 17.3 Å². The normalized spacial score (nSPS) is 17.9. The molecule has 0 bridgehead atoms. The lowest BCUT2D eigenvalue weighted by Gasteiger charge is -2.31. The summed E-state index contributed by atoms with van der Waals surface area (Å²) in [4.78, 5) is 12.5. The Kier molecular flexibility index (Phi) is 2.72. The summed E-state index contributed by atoms with van der Waals surface area (Å²) in [6, 6.07) is 2.47. The number of nitrogens with zero attached hydrogens (tertiary/aromatic N) is 3. The van der Waals surface area contributed by atoms with Crippen molar-refractivity contribution >= 4 is 27.4 Å². The average Bonchev–Trinajstić information content (AvgIpc) is 2.77. The Hall–Kier alpha value is -1.20. The number of aromatic nitrogens is 2. The van der Waals surface area contributed by atoms with E-state index in [0.29, 0.717) is 6.04 Å². The van der Waals surface area contributed by atoms with Gasteiger partial charge in [0.25, 0.3) is 0 Å². The van der Waals surface area contributed by atoms with Crippen LogP contribution < -0.4 is 10.6 Å². The summed E-state index contributed by atoms with van der Waals surface area (Å²) in [5.41, 5.74) is 5.94. The van der Waals surface area contributed by atoms with Gasteiger partial charge in [-0.25, -0.2) is 9.97 Å². The van der Waals surface area contributed by atoms with Crippen LogP contribution >= 0.6 is 11.3 Å². The third-order valence-electron chi connectivity index (χ3n) is 3.26. The number of thiophene rings is 1. The zero-order chi connectivity index (χ0) is 11.8. The van der Waals surface area contributed by atoms with Crippen molar-refractivity contribution in [1.82, 2.24) is 9.97 Å². The lowest BCUT2D eigenvalue weighted by atomic mass is 10.1. The number of rotatable bonds is 1. The van der Waals surface area contributed by atoms with Gasteiger partial charge in [0, 0.05) is 19.1 Å². The van der Waals surface area contributed by atoms with Crippen LogP contribution in [0.4, 0.5) is 5.82 Å². The molecule has 1 fully saturated rings. The highest BCUT2D eigenvalue weighted by Crippen LogP contribution is 2.29. The van der Waals surface area contributed by atoms with Gasteiger partial charge in [-0.05, 0) is 31.2 Å². The van der Waals surface area contributed by atoms with Crippen LogP contribution in [-0.2, 0) is 0 Å². The number of piperidine rings is 1. The molecule has 0 aromatic carbocycles. The average molecular weight is 248 g/mol. The third kappa shape index (κ3) is 2.00. The summed E-state index contributed by atoms with van der Waals surface area (Å²) in [6.45, 7) is 3.96. The Balaban J connectivity index is 2.01. The van der Waals surface area contributed by atoms with Crippen LogP contribution in [0.15, 0.2) is 11.4 Å². The van der Waals surface area contributed by atoms with E-state index in [9.17, 15) is 0 Å². The minimum absolute atomic E-state index is 0.354. The SMILES string of the molecule is Cc1nc(N2CCC(N)CC2)c2ccsc2n1. The van der Waals surface area contributed by atoms with Crippen LogP contribution in [0.5, 0.6) is 0 Å². The molecule has 1 saturated heterocycles. The molecular weight excluding hydrogens is 232 g/mol. The maximum absolute atomic E-state index is 5.94. The summed E-state index contributed by atoms with van der Waals surface area (Å²) in [5.74, 6) is 1.94. The second-order valence-electron chi connectivity index (χ2n) is 4.56. The van der Waals surface area contributed by atoms with Gasteiger partial charge in [-0.1, -0.05) is 0 Å².